The van der Waals surface area contributed by atoms with Crippen LogP contribution in [0.3, 0.4) is 0 Å². The van der Waals surface area contributed by atoms with E-state index in [1.807, 2.05) is 0 Å². The van der Waals surface area contributed by atoms with Gasteiger partial charge < -0.3 is 5.73 Å². The second kappa shape index (κ2) is 3.42. The molecule has 0 saturated heterocycles. The fourth-order valence-corrected chi connectivity index (χ4v) is 1.55. The Morgan fingerprint density at radius 3 is 3.13 bits per heavy atom. The molecule has 0 aromatic carbocycles. The van der Waals surface area contributed by atoms with Gasteiger partial charge >= 0.3 is 0 Å². The van der Waals surface area contributed by atoms with E-state index in [9.17, 15) is 0 Å². The standard InChI is InChI=1S/C10H9N5/c1-2-3-8-7(4-11)5-15-9(8)10(12)13-6-14-15/h2,5-6H,1,3H2,(H2,12,13,14). The zero-order valence-corrected chi connectivity index (χ0v) is 8.01. The van der Waals surface area contributed by atoms with Crippen LogP contribution in [-0.4, -0.2) is 14.6 Å². The molecule has 15 heavy (non-hydrogen) atoms. The molecule has 0 atom stereocenters. The van der Waals surface area contributed by atoms with Gasteiger partial charge in [-0.2, -0.15) is 10.4 Å². The summed E-state index contributed by atoms with van der Waals surface area (Å²) in [6, 6.07) is 2.11. The molecule has 0 aliphatic heterocycles. The second-order valence-corrected chi connectivity index (χ2v) is 3.06. The third-order valence-electron chi connectivity index (χ3n) is 2.18. The van der Waals surface area contributed by atoms with Gasteiger partial charge in [0.25, 0.3) is 0 Å². The Labute approximate surface area is 86.5 Å². The van der Waals surface area contributed by atoms with Crippen LogP contribution in [0.4, 0.5) is 5.82 Å². The SMILES string of the molecule is C=CCc1c(C#N)cn2ncnc(N)c12. The molecule has 2 heterocycles. The number of aromatic nitrogens is 3. The van der Waals surface area contributed by atoms with E-state index in [0.29, 0.717) is 23.3 Å². The number of allylic oxidation sites excluding steroid dienone is 1. The Balaban J connectivity index is 2.83. The largest absolute Gasteiger partial charge is 0.382 e. The Bertz CT molecular complexity index is 561. The molecule has 5 nitrogen and oxygen atoms in total. The van der Waals surface area contributed by atoms with Gasteiger partial charge in [0.15, 0.2) is 5.82 Å². The van der Waals surface area contributed by atoms with Crippen molar-refractivity contribution in [3.05, 3.63) is 36.3 Å². The van der Waals surface area contributed by atoms with Crippen LogP contribution in [0, 0.1) is 11.3 Å². The smallest absolute Gasteiger partial charge is 0.151 e. The van der Waals surface area contributed by atoms with Crippen LogP contribution in [0.5, 0.6) is 0 Å². The number of rotatable bonds is 2. The number of nitrogens with zero attached hydrogens (tertiary/aromatic N) is 4. The lowest BCUT2D eigenvalue weighted by Crippen LogP contribution is -1.99. The first-order chi connectivity index (χ1) is 7.27. The van der Waals surface area contributed by atoms with Crippen molar-refractivity contribution in [3.63, 3.8) is 0 Å². The van der Waals surface area contributed by atoms with Crippen molar-refractivity contribution < 1.29 is 0 Å². The van der Waals surface area contributed by atoms with Crippen LogP contribution >= 0.6 is 0 Å². The summed E-state index contributed by atoms with van der Waals surface area (Å²) in [5.74, 6) is 0.378. The predicted octanol–water partition coefficient (Wildman–Crippen LogP) is 0.912. The number of nitrogen functional groups attached to an aromatic ring is 1. The van der Waals surface area contributed by atoms with Crippen molar-refractivity contribution in [2.75, 3.05) is 5.73 Å². The van der Waals surface area contributed by atoms with E-state index in [0.717, 1.165) is 5.56 Å². The minimum atomic E-state index is 0.378. The van der Waals surface area contributed by atoms with Gasteiger partial charge in [-0.05, 0) is 6.42 Å². The Hall–Kier alpha value is -2.35. The van der Waals surface area contributed by atoms with Crippen LogP contribution in [-0.2, 0) is 6.42 Å². The van der Waals surface area contributed by atoms with E-state index < -0.39 is 0 Å². The van der Waals surface area contributed by atoms with Gasteiger partial charge in [-0.1, -0.05) is 6.08 Å². The number of hydrogen-bond acceptors (Lipinski definition) is 4. The lowest BCUT2D eigenvalue weighted by molar-refractivity contribution is 0.905. The zero-order chi connectivity index (χ0) is 10.8. The molecule has 2 aromatic rings. The topological polar surface area (TPSA) is 80.0 Å². The molecule has 0 aliphatic rings. The van der Waals surface area contributed by atoms with Gasteiger partial charge in [-0.3, -0.25) is 0 Å². The van der Waals surface area contributed by atoms with Crippen LogP contribution in [0.15, 0.2) is 25.2 Å². The number of hydrogen-bond donors (Lipinski definition) is 1. The Morgan fingerprint density at radius 1 is 1.67 bits per heavy atom. The van der Waals surface area contributed by atoms with Crippen LogP contribution in [0.1, 0.15) is 11.1 Å². The summed E-state index contributed by atoms with van der Waals surface area (Å²) in [7, 11) is 0. The summed E-state index contributed by atoms with van der Waals surface area (Å²) >= 11 is 0. The first-order valence-corrected chi connectivity index (χ1v) is 4.39. The van der Waals surface area contributed by atoms with E-state index >= 15 is 0 Å². The molecule has 0 saturated carbocycles. The van der Waals surface area contributed by atoms with E-state index in [1.165, 1.54) is 6.33 Å². The molecule has 0 bridgehead atoms. The second-order valence-electron chi connectivity index (χ2n) is 3.06. The van der Waals surface area contributed by atoms with E-state index in [-0.39, 0.29) is 0 Å². The van der Waals surface area contributed by atoms with Crippen molar-refractivity contribution in [1.29, 1.82) is 5.26 Å². The summed E-state index contributed by atoms with van der Waals surface area (Å²) in [6.45, 7) is 3.65. The fraction of sp³-hybridized carbons (Fsp3) is 0.100. The quantitative estimate of drug-likeness (QED) is 0.729. The van der Waals surface area contributed by atoms with Crippen LogP contribution in [0.2, 0.25) is 0 Å². The highest BCUT2D eigenvalue weighted by Gasteiger charge is 2.12. The molecule has 2 rings (SSSR count). The molecule has 2 N–H and O–H groups in total. The minimum Gasteiger partial charge on any atom is -0.382 e. The summed E-state index contributed by atoms with van der Waals surface area (Å²) in [5, 5.41) is 12.9. The molecular weight excluding hydrogens is 190 g/mol. The molecule has 0 unspecified atom stereocenters. The summed E-state index contributed by atoms with van der Waals surface area (Å²) < 4.78 is 1.57. The van der Waals surface area contributed by atoms with Crippen molar-refractivity contribution in [2.24, 2.45) is 0 Å². The van der Waals surface area contributed by atoms with Gasteiger partial charge in [-0.15, -0.1) is 6.58 Å². The highest BCUT2D eigenvalue weighted by molar-refractivity contribution is 5.73. The highest BCUT2D eigenvalue weighted by atomic mass is 15.2. The highest BCUT2D eigenvalue weighted by Crippen LogP contribution is 2.21. The summed E-state index contributed by atoms with van der Waals surface area (Å²) in [4.78, 5) is 3.90. The average Bonchev–Trinajstić information content (AvgIpc) is 2.58. The lowest BCUT2D eigenvalue weighted by atomic mass is 10.1. The number of nitrogens with two attached hydrogens (primary N) is 1. The molecule has 0 radical (unpaired) electrons. The first-order valence-electron chi connectivity index (χ1n) is 4.39. The minimum absolute atomic E-state index is 0.378. The average molecular weight is 199 g/mol. The lowest BCUT2D eigenvalue weighted by Gasteiger charge is -1.99. The van der Waals surface area contributed by atoms with Crippen molar-refractivity contribution in [3.8, 4) is 6.07 Å². The summed E-state index contributed by atoms with van der Waals surface area (Å²) in [6.07, 6.45) is 5.31. The fourth-order valence-electron chi connectivity index (χ4n) is 1.55. The molecule has 74 valence electrons. The van der Waals surface area contributed by atoms with E-state index in [2.05, 4.69) is 22.7 Å². The van der Waals surface area contributed by atoms with Gasteiger partial charge in [0.2, 0.25) is 0 Å². The van der Waals surface area contributed by atoms with Crippen molar-refractivity contribution in [2.45, 2.75) is 6.42 Å². The predicted molar refractivity (Wildman–Crippen MR) is 56.0 cm³/mol. The van der Waals surface area contributed by atoms with Gasteiger partial charge in [0.05, 0.1) is 5.56 Å². The number of anilines is 1. The normalized spacial score (nSPS) is 10.1. The molecule has 5 heteroatoms. The molecule has 0 amide bonds. The molecule has 2 aromatic heterocycles. The molecule has 0 aliphatic carbocycles. The van der Waals surface area contributed by atoms with E-state index in [1.54, 1.807) is 16.8 Å². The van der Waals surface area contributed by atoms with Gasteiger partial charge in [-0.25, -0.2) is 9.50 Å². The number of nitriles is 1. The monoisotopic (exact) mass is 199 g/mol. The molecule has 0 spiro atoms. The first kappa shape index (κ1) is 9.21. The third kappa shape index (κ3) is 1.32. The third-order valence-corrected chi connectivity index (χ3v) is 2.18. The molecule has 0 fully saturated rings. The maximum absolute atomic E-state index is 8.95. The van der Waals surface area contributed by atoms with Gasteiger partial charge in [0, 0.05) is 11.8 Å². The zero-order valence-electron chi connectivity index (χ0n) is 8.01. The van der Waals surface area contributed by atoms with Crippen molar-refractivity contribution in [1.82, 2.24) is 14.6 Å². The Kier molecular flexibility index (Phi) is 2.10. The number of fused-ring (bicyclic) bond motifs is 1. The van der Waals surface area contributed by atoms with Crippen LogP contribution < -0.4 is 5.73 Å². The van der Waals surface area contributed by atoms with E-state index in [4.69, 9.17) is 11.0 Å². The maximum Gasteiger partial charge on any atom is 0.151 e. The Morgan fingerprint density at radius 2 is 2.47 bits per heavy atom. The van der Waals surface area contributed by atoms with Gasteiger partial charge in [0.1, 0.15) is 17.9 Å². The maximum atomic E-state index is 8.95. The summed E-state index contributed by atoms with van der Waals surface area (Å²) in [5.41, 5.74) is 7.81. The molecular formula is C10H9N5. The van der Waals surface area contributed by atoms with Crippen LogP contribution in [0.25, 0.3) is 5.52 Å². The van der Waals surface area contributed by atoms with Crippen molar-refractivity contribution >= 4 is 11.3 Å².